The average Bonchev–Trinajstić information content (AvgIpc) is 2.72. The summed E-state index contributed by atoms with van der Waals surface area (Å²) < 4.78 is 5.79. The number of benzene rings is 1. The van der Waals surface area contributed by atoms with E-state index in [9.17, 15) is 0 Å². The van der Waals surface area contributed by atoms with Gasteiger partial charge in [-0.1, -0.05) is 12.1 Å². The Labute approximate surface area is 84.5 Å². The SMILES string of the molecule is OCc1ccc(OC2CCCC2)cc1. The van der Waals surface area contributed by atoms with E-state index in [2.05, 4.69) is 0 Å². The quantitative estimate of drug-likeness (QED) is 0.797. The fraction of sp³-hybridized carbons (Fsp3) is 0.500. The van der Waals surface area contributed by atoms with Crippen molar-refractivity contribution in [3.05, 3.63) is 29.8 Å². The second-order valence-electron chi connectivity index (χ2n) is 3.83. The van der Waals surface area contributed by atoms with Crippen LogP contribution < -0.4 is 4.74 Å². The third-order valence-corrected chi connectivity index (χ3v) is 2.71. The third kappa shape index (κ3) is 2.26. The molecule has 14 heavy (non-hydrogen) atoms. The Morgan fingerprint density at radius 2 is 1.79 bits per heavy atom. The van der Waals surface area contributed by atoms with E-state index in [0.717, 1.165) is 11.3 Å². The number of hydrogen-bond donors (Lipinski definition) is 1. The van der Waals surface area contributed by atoms with Crippen LogP contribution in [0.3, 0.4) is 0 Å². The first-order valence-corrected chi connectivity index (χ1v) is 5.25. The van der Waals surface area contributed by atoms with Crippen molar-refractivity contribution in [2.45, 2.75) is 38.4 Å². The topological polar surface area (TPSA) is 29.5 Å². The predicted molar refractivity (Wildman–Crippen MR) is 55.2 cm³/mol. The summed E-state index contributed by atoms with van der Waals surface area (Å²) >= 11 is 0. The Kier molecular flexibility index (Phi) is 3.04. The van der Waals surface area contributed by atoms with Gasteiger partial charge in [0, 0.05) is 0 Å². The summed E-state index contributed by atoms with van der Waals surface area (Å²) in [5.74, 6) is 0.925. The molecule has 0 aromatic heterocycles. The first-order valence-electron chi connectivity index (χ1n) is 5.25. The summed E-state index contributed by atoms with van der Waals surface area (Å²) in [6, 6.07) is 7.68. The molecular weight excluding hydrogens is 176 g/mol. The van der Waals surface area contributed by atoms with Gasteiger partial charge in [0.15, 0.2) is 0 Å². The normalized spacial score (nSPS) is 17.2. The molecule has 1 aliphatic rings. The molecule has 0 saturated heterocycles. The molecule has 0 bridgehead atoms. The first kappa shape index (κ1) is 9.53. The van der Waals surface area contributed by atoms with E-state index < -0.39 is 0 Å². The third-order valence-electron chi connectivity index (χ3n) is 2.71. The smallest absolute Gasteiger partial charge is 0.119 e. The Hall–Kier alpha value is -1.02. The van der Waals surface area contributed by atoms with E-state index in [-0.39, 0.29) is 6.61 Å². The fourth-order valence-electron chi connectivity index (χ4n) is 1.87. The van der Waals surface area contributed by atoms with Crippen molar-refractivity contribution in [2.24, 2.45) is 0 Å². The van der Waals surface area contributed by atoms with Crippen molar-refractivity contribution in [3.8, 4) is 5.75 Å². The second-order valence-corrected chi connectivity index (χ2v) is 3.83. The van der Waals surface area contributed by atoms with E-state index >= 15 is 0 Å². The summed E-state index contributed by atoms with van der Waals surface area (Å²) in [5, 5.41) is 8.87. The van der Waals surface area contributed by atoms with Crippen LogP contribution in [0.25, 0.3) is 0 Å². The van der Waals surface area contributed by atoms with Gasteiger partial charge in [-0.05, 0) is 43.4 Å². The Morgan fingerprint density at radius 1 is 1.14 bits per heavy atom. The Morgan fingerprint density at radius 3 is 2.36 bits per heavy atom. The van der Waals surface area contributed by atoms with Gasteiger partial charge in [0.2, 0.25) is 0 Å². The van der Waals surface area contributed by atoms with Gasteiger partial charge in [-0.25, -0.2) is 0 Å². The standard InChI is InChI=1S/C12H16O2/c13-9-10-5-7-12(8-6-10)14-11-3-1-2-4-11/h5-8,11,13H,1-4,9H2. The molecule has 0 heterocycles. The van der Waals surface area contributed by atoms with Crippen LogP contribution in [0.5, 0.6) is 5.75 Å². The summed E-state index contributed by atoms with van der Waals surface area (Å²) in [4.78, 5) is 0. The van der Waals surface area contributed by atoms with Gasteiger partial charge in [-0.15, -0.1) is 0 Å². The molecule has 0 aliphatic heterocycles. The molecule has 1 N–H and O–H groups in total. The molecule has 0 spiro atoms. The van der Waals surface area contributed by atoms with E-state index in [1.165, 1.54) is 25.7 Å². The highest BCUT2D eigenvalue weighted by Crippen LogP contribution is 2.24. The molecule has 76 valence electrons. The van der Waals surface area contributed by atoms with E-state index in [4.69, 9.17) is 9.84 Å². The molecule has 1 aromatic carbocycles. The van der Waals surface area contributed by atoms with Crippen molar-refractivity contribution >= 4 is 0 Å². The molecule has 1 saturated carbocycles. The minimum atomic E-state index is 0.101. The number of aliphatic hydroxyl groups is 1. The van der Waals surface area contributed by atoms with E-state index in [1.807, 2.05) is 24.3 Å². The second kappa shape index (κ2) is 4.47. The summed E-state index contributed by atoms with van der Waals surface area (Å²) in [5.41, 5.74) is 0.934. The lowest BCUT2D eigenvalue weighted by Crippen LogP contribution is -2.10. The molecular formula is C12H16O2. The van der Waals surface area contributed by atoms with Gasteiger partial charge < -0.3 is 9.84 Å². The first-order chi connectivity index (χ1) is 6.88. The van der Waals surface area contributed by atoms with Gasteiger partial charge >= 0.3 is 0 Å². The van der Waals surface area contributed by atoms with E-state index in [0.29, 0.717) is 6.10 Å². The van der Waals surface area contributed by atoms with Gasteiger partial charge in [-0.3, -0.25) is 0 Å². The summed E-state index contributed by atoms with van der Waals surface area (Å²) in [6.45, 7) is 0.101. The fourth-order valence-corrected chi connectivity index (χ4v) is 1.87. The molecule has 0 atom stereocenters. The molecule has 1 aromatic rings. The maximum atomic E-state index is 8.87. The molecule has 2 nitrogen and oxygen atoms in total. The lowest BCUT2D eigenvalue weighted by atomic mass is 10.2. The average molecular weight is 192 g/mol. The Balaban J connectivity index is 1.95. The minimum Gasteiger partial charge on any atom is -0.490 e. The van der Waals surface area contributed by atoms with Crippen molar-refractivity contribution < 1.29 is 9.84 Å². The number of hydrogen-bond acceptors (Lipinski definition) is 2. The van der Waals surface area contributed by atoms with Gasteiger partial charge in [0.1, 0.15) is 5.75 Å². The molecule has 0 amide bonds. The number of ether oxygens (including phenoxy) is 1. The zero-order chi connectivity index (χ0) is 9.80. The highest BCUT2D eigenvalue weighted by molar-refractivity contribution is 5.27. The highest BCUT2D eigenvalue weighted by Gasteiger charge is 2.15. The lowest BCUT2D eigenvalue weighted by molar-refractivity contribution is 0.210. The molecule has 1 fully saturated rings. The van der Waals surface area contributed by atoms with Crippen LogP contribution in [0.4, 0.5) is 0 Å². The number of rotatable bonds is 3. The van der Waals surface area contributed by atoms with Crippen LogP contribution in [0, 0.1) is 0 Å². The van der Waals surface area contributed by atoms with Crippen molar-refractivity contribution in [2.75, 3.05) is 0 Å². The van der Waals surface area contributed by atoms with Crippen molar-refractivity contribution in [1.29, 1.82) is 0 Å². The Bertz CT molecular complexity index is 273. The maximum Gasteiger partial charge on any atom is 0.119 e. The monoisotopic (exact) mass is 192 g/mol. The van der Waals surface area contributed by atoms with Gasteiger partial charge in [0.25, 0.3) is 0 Å². The van der Waals surface area contributed by atoms with Crippen LogP contribution in [-0.4, -0.2) is 11.2 Å². The zero-order valence-corrected chi connectivity index (χ0v) is 8.28. The van der Waals surface area contributed by atoms with Crippen LogP contribution in [0.1, 0.15) is 31.2 Å². The zero-order valence-electron chi connectivity index (χ0n) is 8.28. The van der Waals surface area contributed by atoms with Gasteiger partial charge in [0.05, 0.1) is 12.7 Å². The summed E-state index contributed by atoms with van der Waals surface area (Å²) in [6.07, 6.45) is 5.36. The van der Waals surface area contributed by atoms with Crippen molar-refractivity contribution in [3.63, 3.8) is 0 Å². The van der Waals surface area contributed by atoms with Crippen LogP contribution in [0.15, 0.2) is 24.3 Å². The number of aliphatic hydroxyl groups excluding tert-OH is 1. The largest absolute Gasteiger partial charge is 0.490 e. The minimum absolute atomic E-state index is 0.101. The van der Waals surface area contributed by atoms with Crippen molar-refractivity contribution in [1.82, 2.24) is 0 Å². The predicted octanol–water partition coefficient (Wildman–Crippen LogP) is 2.50. The molecule has 2 rings (SSSR count). The lowest BCUT2D eigenvalue weighted by Gasteiger charge is -2.12. The summed E-state index contributed by atoms with van der Waals surface area (Å²) in [7, 11) is 0. The van der Waals surface area contributed by atoms with E-state index in [1.54, 1.807) is 0 Å². The van der Waals surface area contributed by atoms with Crippen LogP contribution >= 0.6 is 0 Å². The highest BCUT2D eigenvalue weighted by atomic mass is 16.5. The molecule has 0 radical (unpaired) electrons. The molecule has 0 unspecified atom stereocenters. The maximum absolute atomic E-state index is 8.87. The van der Waals surface area contributed by atoms with Crippen LogP contribution in [-0.2, 0) is 6.61 Å². The van der Waals surface area contributed by atoms with Gasteiger partial charge in [-0.2, -0.15) is 0 Å². The molecule has 2 heteroatoms. The van der Waals surface area contributed by atoms with Crippen LogP contribution in [0.2, 0.25) is 0 Å². The molecule has 1 aliphatic carbocycles.